The molecule has 1 aliphatic rings. The van der Waals surface area contributed by atoms with E-state index < -0.39 is 62.3 Å². The van der Waals surface area contributed by atoms with Crippen molar-refractivity contribution in [3.05, 3.63) is 6.33 Å². The van der Waals surface area contributed by atoms with Crippen molar-refractivity contribution in [2.45, 2.75) is 83.6 Å². The molecule has 0 spiro atoms. The van der Waals surface area contributed by atoms with E-state index in [0.717, 1.165) is 0 Å². The largest absolute Gasteiger partial charge is 0.479 e. The number of hydrogen-bond acceptors (Lipinski definition) is 14. The van der Waals surface area contributed by atoms with Gasteiger partial charge in [0.05, 0.1) is 33.3 Å². The number of anilines is 1. The fourth-order valence-corrected chi connectivity index (χ4v) is 6.38. The number of nitrogens with two attached hydrogens (primary N) is 1. The van der Waals surface area contributed by atoms with Crippen molar-refractivity contribution in [3.8, 4) is 5.88 Å². The van der Waals surface area contributed by atoms with E-state index in [1.807, 2.05) is 0 Å². The van der Waals surface area contributed by atoms with Crippen LogP contribution in [0.25, 0.3) is 11.2 Å². The molecule has 0 saturated carbocycles. The lowest BCUT2D eigenvalue weighted by Gasteiger charge is -2.29. The zero-order valence-corrected chi connectivity index (χ0v) is 25.4. The summed E-state index contributed by atoms with van der Waals surface area (Å²) in [6, 6.07) is -2.10. The number of esters is 2. The van der Waals surface area contributed by atoms with Crippen molar-refractivity contribution in [1.82, 2.24) is 29.7 Å². The third-order valence-electron chi connectivity index (χ3n) is 6.64. The molecule has 6 N–H and O–H groups in total. The van der Waals surface area contributed by atoms with Gasteiger partial charge in [0.25, 0.3) is 0 Å². The minimum absolute atomic E-state index is 0.0972. The number of carbonyl (C=O) groups excluding carboxylic acids is 2. The second-order valence-electron chi connectivity index (χ2n) is 9.64. The first-order valence-electron chi connectivity index (χ1n) is 13.6. The van der Waals surface area contributed by atoms with E-state index in [9.17, 15) is 24.4 Å². The number of imidazole rings is 1. The van der Waals surface area contributed by atoms with E-state index in [4.69, 9.17) is 29.2 Å². The number of rotatable bonds is 15. The number of nitrogens with one attached hydrogen (secondary N) is 2. The van der Waals surface area contributed by atoms with Gasteiger partial charge in [0.15, 0.2) is 17.4 Å². The first kappa shape index (κ1) is 33.6. The minimum Gasteiger partial charge on any atom is -0.479 e. The maximum Gasteiger partial charge on any atom is 0.342 e. The predicted molar refractivity (Wildman–Crippen MR) is 148 cm³/mol. The van der Waals surface area contributed by atoms with Crippen molar-refractivity contribution in [2.24, 2.45) is 0 Å². The fourth-order valence-electron chi connectivity index (χ4n) is 4.41. The van der Waals surface area contributed by atoms with Gasteiger partial charge in [-0.2, -0.15) is 9.97 Å². The van der Waals surface area contributed by atoms with Gasteiger partial charge < -0.3 is 39.4 Å². The lowest BCUT2D eigenvalue weighted by molar-refractivity contribution is -0.145. The second-order valence-corrected chi connectivity index (χ2v) is 11.5. The number of nitrogens with zero attached hydrogens (tertiary/aromatic N) is 4. The lowest BCUT2D eigenvalue weighted by atomic mass is 9.96. The Morgan fingerprint density at radius 3 is 2.21 bits per heavy atom. The van der Waals surface area contributed by atoms with E-state index in [1.54, 1.807) is 27.7 Å². The molecular formula is C24H40N7O10P. The van der Waals surface area contributed by atoms with Gasteiger partial charge in [0.2, 0.25) is 11.8 Å². The maximum atomic E-state index is 14.1. The number of nitrogen functional groups attached to an aromatic ring is 1. The Morgan fingerprint density at radius 1 is 1.14 bits per heavy atom. The van der Waals surface area contributed by atoms with Crippen LogP contribution in [0.15, 0.2) is 6.33 Å². The molecule has 7 atom stereocenters. The minimum atomic E-state index is -4.22. The molecule has 3 rings (SSSR count). The molecule has 0 aliphatic carbocycles. The average Bonchev–Trinajstić information content (AvgIpc) is 3.46. The van der Waals surface area contributed by atoms with E-state index in [0.29, 0.717) is 0 Å². The summed E-state index contributed by atoms with van der Waals surface area (Å²) in [5.41, 5.74) is 4.31. The topological polar surface area (TPSA) is 232 Å². The Balaban J connectivity index is 1.88. The number of aliphatic hydroxyl groups is 2. The molecule has 1 fully saturated rings. The van der Waals surface area contributed by atoms with Crippen molar-refractivity contribution in [3.63, 3.8) is 0 Å². The lowest BCUT2D eigenvalue weighted by Crippen LogP contribution is -2.46. The monoisotopic (exact) mass is 617 g/mol. The van der Waals surface area contributed by atoms with E-state index in [2.05, 4.69) is 25.1 Å². The molecule has 3 heterocycles. The SMILES string of the molecule is CCOC(=O)[C@H](CC)NP(=O)(N[C@H](CC)C(=O)OCC)OC[C@H]1OC(n2cnc3c(OC)nc(N)nc32)[C@@](C)(O)C1O. The standard InChI is InChI=1S/C24H40N7O10P/c1-7-13(20(33)38-9-3)29-42(36,30-14(8-2)21(34)39-10-4)40-11-15-17(32)24(5,35)22(41-15)31-12-26-16-18(31)27-23(25)28-19(16)37-6/h12-15,17,22,32,35H,7-11H2,1-6H3,(H2,25,27,28)(H2,29,30,36)/t13-,14+,15-,17?,22?,24+,42?/m1/s1. The number of aliphatic hydroxyl groups excluding tert-OH is 1. The van der Waals surface area contributed by atoms with Crippen molar-refractivity contribution in [1.29, 1.82) is 0 Å². The van der Waals surface area contributed by atoms with Gasteiger partial charge in [0.1, 0.15) is 29.9 Å². The molecule has 17 nitrogen and oxygen atoms in total. The smallest absolute Gasteiger partial charge is 0.342 e. The molecule has 1 saturated heterocycles. The van der Waals surface area contributed by atoms with Crippen LogP contribution in [0.3, 0.4) is 0 Å². The van der Waals surface area contributed by atoms with Crippen LogP contribution >= 0.6 is 7.67 Å². The third kappa shape index (κ3) is 7.16. The van der Waals surface area contributed by atoms with Crippen LogP contribution in [0.2, 0.25) is 0 Å². The van der Waals surface area contributed by atoms with Crippen LogP contribution in [0, 0.1) is 0 Å². The Bertz CT molecular complexity index is 1260. The first-order valence-corrected chi connectivity index (χ1v) is 15.2. The van der Waals surface area contributed by atoms with E-state index in [-0.39, 0.29) is 49.0 Å². The summed E-state index contributed by atoms with van der Waals surface area (Å²) < 4.78 is 42.5. The zero-order valence-electron chi connectivity index (χ0n) is 24.5. The van der Waals surface area contributed by atoms with Crippen molar-refractivity contribution < 1.29 is 47.8 Å². The predicted octanol–water partition coefficient (Wildman–Crippen LogP) is 0.414. The van der Waals surface area contributed by atoms with Crippen LogP contribution < -0.4 is 20.6 Å². The maximum absolute atomic E-state index is 14.1. The van der Waals surface area contributed by atoms with Crippen molar-refractivity contribution in [2.75, 3.05) is 32.7 Å². The molecule has 42 heavy (non-hydrogen) atoms. The Labute approximate surface area is 243 Å². The van der Waals surface area contributed by atoms with Gasteiger partial charge in [0, 0.05) is 0 Å². The summed E-state index contributed by atoms with van der Waals surface area (Å²) in [5.74, 6) is -1.35. The molecule has 0 radical (unpaired) electrons. The van der Waals surface area contributed by atoms with E-state index in [1.165, 1.54) is 24.9 Å². The molecule has 18 heteroatoms. The Hall–Kier alpha value is -2.92. The summed E-state index contributed by atoms with van der Waals surface area (Å²) in [4.78, 5) is 37.3. The number of ether oxygens (including phenoxy) is 4. The van der Waals surface area contributed by atoms with Crippen LogP contribution in [0.4, 0.5) is 5.95 Å². The fraction of sp³-hybridized carbons (Fsp3) is 0.708. The van der Waals surface area contributed by atoms with Gasteiger partial charge in [-0.25, -0.2) is 15.2 Å². The summed E-state index contributed by atoms with van der Waals surface area (Å²) in [7, 11) is -2.84. The number of methoxy groups -OCH3 is 1. The zero-order chi connectivity index (χ0) is 31.2. The van der Waals surface area contributed by atoms with Crippen LogP contribution in [-0.2, 0) is 32.9 Å². The number of fused-ring (bicyclic) bond motifs is 1. The van der Waals surface area contributed by atoms with Crippen LogP contribution in [0.1, 0.15) is 53.7 Å². The van der Waals surface area contributed by atoms with Gasteiger partial charge in [-0.05, 0) is 33.6 Å². The third-order valence-corrected chi connectivity index (χ3v) is 8.45. The van der Waals surface area contributed by atoms with Gasteiger partial charge in [-0.15, -0.1) is 0 Å². The highest BCUT2D eigenvalue weighted by Gasteiger charge is 2.54. The highest BCUT2D eigenvalue weighted by Crippen LogP contribution is 2.44. The highest BCUT2D eigenvalue weighted by atomic mass is 31.2. The van der Waals surface area contributed by atoms with Gasteiger partial charge in [-0.3, -0.25) is 18.7 Å². The molecule has 0 aromatic carbocycles. The Morgan fingerprint density at radius 2 is 1.71 bits per heavy atom. The van der Waals surface area contributed by atoms with E-state index >= 15 is 0 Å². The summed E-state index contributed by atoms with van der Waals surface area (Å²) in [6.07, 6.45) is -2.33. The molecule has 0 bridgehead atoms. The molecule has 0 amide bonds. The highest BCUT2D eigenvalue weighted by molar-refractivity contribution is 7.54. The second kappa shape index (κ2) is 14.0. The van der Waals surface area contributed by atoms with Gasteiger partial charge in [-0.1, -0.05) is 13.8 Å². The number of aromatic nitrogens is 4. The molecule has 1 aliphatic heterocycles. The molecule has 2 aromatic heterocycles. The first-order chi connectivity index (χ1) is 19.8. The number of carbonyl (C=O) groups is 2. The summed E-state index contributed by atoms with van der Waals surface area (Å²) in [6.45, 7) is 7.62. The normalized spacial score (nSPS) is 25.1. The average molecular weight is 618 g/mol. The summed E-state index contributed by atoms with van der Waals surface area (Å²) >= 11 is 0. The van der Waals surface area contributed by atoms with Gasteiger partial charge >= 0.3 is 19.6 Å². The summed E-state index contributed by atoms with van der Waals surface area (Å²) in [5, 5.41) is 27.6. The van der Waals surface area contributed by atoms with Crippen molar-refractivity contribution >= 4 is 36.7 Å². The quantitative estimate of drug-likeness (QED) is 0.135. The molecule has 236 valence electrons. The number of hydrogen-bond donors (Lipinski definition) is 5. The molecular weight excluding hydrogens is 577 g/mol. The van der Waals surface area contributed by atoms with Crippen LogP contribution in [0.5, 0.6) is 5.88 Å². The Kier molecular flexibility index (Phi) is 11.2. The van der Waals surface area contributed by atoms with Crippen LogP contribution in [-0.4, -0.2) is 98.5 Å². The molecule has 2 aromatic rings. The molecule has 3 unspecified atom stereocenters.